The highest BCUT2D eigenvalue weighted by Crippen LogP contribution is 2.35. The van der Waals surface area contributed by atoms with Gasteiger partial charge in [0.05, 0.1) is 11.2 Å². The van der Waals surface area contributed by atoms with Crippen molar-refractivity contribution in [3.63, 3.8) is 0 Å². The summed E-state index contributed by atoms with van der Waals surface area (Å²) in [7, 11) is 0. The number of nitrogens with zero attached hydrogens (tertiary/aromatic N) is 1. The highest BCUT2D eigenvalue weighted by atomic mass is 35.5. The normalized spacial score (nSPS) is 12.0. The quantitative estimate of drug-likeness (QED) is 0.135. The molecule has 172 valence electrons. The average molecular weight is 513 g/mol. The summed E-state index contributed by atoms with van der Waals surface area (Å²) >= 11 is 13.5. The molecule has 0 bridgehead atoms. The molecule has 0 aliphatic heterocycles. The van der Waals surface area contributed by atoms with Gasteiger partial charge in [-0.3, -0.25) is 4.79 Å². The monoisotopic (exact) mass is 512 g/mol. The Morgan fingerprint density at radius 1 is 1.00 bits per heavy atom. The van der Waals surface area contributed by atoms with Crippen molar-refractivity contribution in [2.75, 3.05) is 0 Å². The van der Waals surface area contributed by atoms with Crippen molar-refractivity contribution in [1.82, 2.24) is 5.43 Å². The molecule has 34 heavy (non-hydrogen) atoms. The number of hydrogen-bond acceptors (Lipinski definition) is 6. The van der Waals surface area contributed by atoms with Gasteiger partial charge in [-0.15, -0.1) is 11.3 Å². The maximum Gasteiger partial charge on any atom is 0.355 e. The highest BCUT2D eigenvalue weighted by Gasteiger charge is 2.19. The number of benzene rings is 3. The van der Waals surface area contributed by atoms with Gasteiger partial charge in [-0.1, -0.05) is 47.5 Å². The van der Waals surface area contributed by atoms with Crippen LogP contribution in [0.25, 0.3) is 10.1 Å². The standard InChI is InChI=1S/C25H18Cl2N2O4S/c1-15(32-19-6-4-5-17(26)13-19)24(30)29-28-14-16-9-11-18(12-10-16)33-25(31)23-22(27)20-7-2-3-8-21(20)34-23/h2-15H,1H3,(H,29,30)/b28-14-/t15-/m0/s1. The largest absolute Gasteiger partial charge is 0.481 e. The number of hydrazone groups is 1. The number of nitrogens with one attached hydrogen (secondary N) is 1. The summed E-state index contributed by atoms with van der Waals surface area (Å²) in [6.45, 7) is 1.61. The topological polar surface area (TPSA) is 77.0 Å². The van der Waals surface area contributed by atoms with Gasteiger partial charge in [-0.25, -0.2) is 10.2 Å². The van der Waals surface area contributed by atoms with Crippen LogP contribution in [0.15, 0.2) is 77.9 Å². The van der Waals surface area contributed by atoms with Crippen molar-refractivity contribution in [1.29, 1.82) is 0 Å². The van der Waals surface area contributed by atoms with Gasteiger partial charge < -0.3 is 9.47 Å². The van der Waals surface area contributed by atoms with Crippen LogP contribution >= 0.6 is 34.5 Å². The zero-order valence-corrected chi connectivity index (χ0v) is 20.2. The number of rotatable bonds is 7. The molecule has 0 unspecified atom stereocenters. The van der Waals surface area contributed by atoms with E-state index in [0.29, 0.717) is 32.0 Å². The number of hydrogen-bond donors (Lipinski definition) is 1. The SMILES string of the molecule is C[C@H](Oc1cccc(Cl)c1)C(=O)N/N=C\c1ccc(OC(=O)c2sc3ccccc3c2Cl)cc1. The van der Waals surface area contributed by atoms with Gasteiger partial charge in [-0.05, 0) is 61.0 Å². The predicted molar refractivity (Wildman–Crippen MR) is 136 cm³/mol. The number of ether oxygens (including phenoxy) is 2. The lowest BCUT2D eigenvalue weighted by Gasteiger charge is -2.12. The minimum Gasteiger partial charge on any atom is -0.481 e. The van der Waals surface area contributed by atoms with Crippen molar-refractivity contribution < 1.29 is 19.1 Å². The second-order valence-electron chi connectivity index (χ2n) is 7.15. The summed E-state index contributed by atoms with van der Waals surface area (Å²) in [5.41, 5.74) is 3.12. The molecular formula is C25H18Cl2N2O4S. The zero-order valence-electron chi connectivity index (χ0n) is 17.8. The van der Waals surface area contributed by atoms with Crippen molar-refractivity contribution in [3.8, 4) is 11.5 Å². The van der Waals surface area contributed by atoms with Crippen LogP contribution in [0.1, 0.15) is 22.2 Å². The second kappa shape index (κ2) is 10.7. The van der Waals surface area contributed by atoms with E-state index in [2.05, 4.69) is 10.5 Å². The number of thiophene rings is 1. The van der Waals surface area contributed by atoms with Gasteiger partial charge in [0.2, 0.25) is 0 Å². The number of carbonyl (C=O) groups excluding carboxylic acids is 2. The van der Waals surface area contributed by atoms with E-state index in [4.69, 9.17) is 32.7 Å². The molecule has 1 heterocycles. The molecule has 1 amide bonds. The maximum atomic E-state index is 12.6. The number of carbonyl (C=O) groups is 2. The van der Waals surface area contributed by atoms with Crippen molar-refractivity contribution >= 4 is 62.7 Å². The highest BCUT2D eigenvalue weighted by molar-refractivity contribution is 7.21. The molecule has 9 heteroatoms. The fourth-order valence-electron chi connectivity index (χ4n) is 2.98. The van der Waals surface area contributed by atoms with Gasteiger partial charge in [0.15, 0.2) is 6.10 Å². The molecule has 1 N–H and O–H groups in total. The smallest absolute Gasteiger partial charge is 0.355 e. The lowest BCUT2D eigenvalue weighted by atomic mass is 10.2. The molecular weight excluding hydrogens is 495 g/mol. The van der Waals surface area contributed by atoms with Gasteiger partial charge >= 0.3 is 5.97 Å². The molecule has 4 rings (SSSR count). The van der Waals surface area contributed by atoms with E-state index in [-0.39, 0.29) is 0 Å². The van der Waals surface area contributed by atoms with Crippen LogP contribution in [0.4, 0.5) is 0 Å². The number of fused-ring (bicyclic) bond motifs is 1. The van der Waals surface area contributed by atoms with Crippen LogP contribution in [0.3, 0.4) is 0 Å². The molecule has 0 radical (unpaired) electrons. The number of amides is 1. The Morgan fingerprint density at radius 2 is 1.76 bits per heavy atom. The van der Waals surface area contributed by atoms with Crippen LogP contribution in [0, 0.1) is 0 Å². The lowest BCUT2D eigenvalue weighted by Crippen LogP contribution is -2.33. The third-order valence-electron chi connectivity index (χ3n) is 4.68. The van der Waals surface area contributed by atoms with E-state index in [1.807, 2.05) is 24.3 Å². The minimum absolute atomic E-state index is 0.352. The Morgan fingerprint density at radius 3 is 2.50 bits per heavy atom. The van der Waals surface area contributed by atoms with E-state index in [0.717, 1.165) is 10.1 Å². The van der Waals surface area contributed by atoms with Crippen LogP contribution in [-0.4, -0.2) is 24.2 Å². The predicted octanol–water partition coefficient (Wildman–Crippen LogP) is 6.34. The van der Waals surface area contributed by atoms with Crippen molar-refractivity contribution in [2.24, 2.45) is 5.10 Å². The summed E-state index contributed by atoms with van der Waals surface area (Å²) in [6, 6.07) is 21.0. The van der Waals surface area contributed by atoms with Crippen LogP contribution in [-0.2, 0) is 4.79 Å². The summed E-state index contributed by atoms with van der Waals surface area (Å²) in [4.78, 5) is 25.1. The first-order chi connectivity index (χ1) is 16.4. The van der Waals surface area contributed by atoms with E-state index in [1.165, 1.54) is 17.6 Å². The molecule has 0 saturated heterocycles. The Labute approximate surface area is 209 Å². The molecule has 0 aliphatic carbocycles. The Balaban J connectivity index is 1.32. The summed E-state index contributed by atoms with van der Waals surface area (Å²) in [6.07, 6.45) is 0.705. The molecule has 0 fully saturated rings. The first-order valence-electron chi connectivity index (χ1n) is 10.1. The van der Waals surface area contributed by atoms with Crippen molar-refractivity contribution in [3.05, 3.63) is 93.3 Å². The third-order valence-corrected chi connectivity index (χ3v) is 6.57. The molecule has 6 nitrogen and oxygen atoms in total. The lowest BCUT2D eigenvalue weighted by molar-refractivity contribution is -0.127. The molecule has 4 aromatic rings. The summed E-state index contributed by atoms with van der Waals surface area (Å²) < 4.78 is 11.9. The Bertz CT molecular complexity index is 1370. The molecule has 1 aromatic heterocycles. The maximum absolute atomic E-state index is 12.6. The van der Waals surface area contributed by atoms with Crippen molar-refractivity contribution in [2.45, 2.75) is 13.0 Å². The number of halogens is 2. The first-order valence-corrected chi connectivity index (χ1v) is 11.7. The molecule has 1 atom stereocenters. The fraction of sp³-hybridized carbons (Fsp3) is 0.0800. The summed E-state index contributed by atoms with van der Waals surface area (Å²) in [5.74, 6) is -0.0833. The Hall–Kier alpha value is -3.39. The van der Waals surface area contributed by atoms with Gasteiger partial charge in [0.1, 0.15) is 16.4 Å². The van der Waals surface area contributed by atoms with E-state index in [9.17, 15) is 9.59 Å². The van der Waals surface area contributed by atoms with Crippen LogP contribution in [0.2, 0.25) is 10.0 Å². The first kappa shape index (κ1) is 23.8. The van der Waals surface area contributed by atoms with Gasteiger partial charge in [0.25, 0.3) is 5.91 Å². The van der Waals surface area contributed by atoms with E-state index >= 15 is 0 Å². The molecule has 3 aromatic carbocycles. The van der Waals surface area contributed by atoms with Gasteiger partial charge in [-0.2, -0.15) is 5.10 Å². The summed E-state index contributed by atoms with van der Waals surface area (Å²) in [5, 5.41) is 5.67. The molecule has 0 aliphatic rings. The third kappa shape index (κ3) is 5.75. The molecule has 0 spiro atoms. The van der Waals surface area contributed by atoms with Crippen LogP contribution in [0.5, 0.6) is 11.5 Å². The minimum atomic E-state index is -0.766. The second-order valence-corrected chi connectivity index (χ2v) is 9.02. The Kier molecular flexibility index (Phi) is 7.47. The average Bonchev–Trinajstić information content (AvgIpc) is 3.17. The van der Waals surface area contributed by atoms with Crippen LogP contribution < -0.4 is 14.9 Å². The van der Waals surface area contributed by atoms with Gasteiger partial charge in [0, 0.05) is 15.1 Å². The fourth-order valence-corrected chi connectivity index (χ4v) is 4.55. The zero-order chi connectivity index (χ0) is 24.1. The molecule has 0 saturated carbocycles. The number of esters is 1. The van der Waals surface area contributed by atoms with E-state index < -0.39 is 18.0 Å². The van der Waals surface area contributed by atoms with E-state index in [1.54, 1.807) is 55.5 Å².